The van der Waals surface area contributed by atoms with Crippen molar-refractivity contribution >= 4 is 34.3 Å². The highest BCUT2D eigenvalue weighted by Crippen LogP contribution is 2.26. The van der Waals surface area contributed by atoms with Crippen LogP contribution in [0.5, 0.6) is 0 Å². The molecule has 2 heterocycles. The molecule has 0 aliphatic carbocycles. The van der Waals surface area contributed by atoms with Crippen molar-refractivity contribution in [3.05, 3.63) is 39.5 Å². The Kier molecular flexibility index (Phi) is 3.52. The summed E-state index contributed by atoms with van der Waals surface area (Å²) in [5.74, 6) is 0.756. The lowest BCUT2D eigenvalue weighted by molar-refractivity contribution is 0.392. The van der Waals surface area contributed by atoms with Gasteiger partial charge in [0.2, 0.25) is 0 Å². The van der Waals surface area contributed by atoms with Crippen LogP contribution in [0, 0.1) is 18.6 Å². The van der Waals surface area contributed by atoms with E-state index in [0.717, 1.165) is 22.6 Å². The van der Waals surface area contributed by atoms with E-state index in [1.54, 1.807) is 12.1 Å². The van der Waals surface area contributed by atoms with E-state index < -0.39 is 11.1 Å². The zero-order valence-corrected chi connectivity index (χ0v) is 13.0. The molecule has 0 fully saturated rings. The second-order valence-electron chi connectivity index (χ2n) is 4.77. The number of imidazole rings is 1. The van der Waals surface area contributed by atoms with E-state index in [1.165, 1.54) is 0 Å². The minimum absolute atomic E-state index is 0.194. The molecular formula is C13H12N3O3S2-. The van der Waals surface area contributed by atoms with Crippen molar-refractivity contribution in [1.82, 2.24) is 15.1 Å². The third kappa shape index (κ3) is 2.45. The van der Waals surface area contributed by atoms with Crippen LogP contribution in [0.15, 0.2) is 21.6 Å². The van der Waals surface area contributed by atoms with E-state index in [2.05, 4.69) is 15.1 Å². The van der Waals surface area contributed by atoms with Gasteiger partial charge < -0.3 is 19.0 Å². The summed E-state index contributed by atoms with van der Waals surface area (Å²) < 4.78 is 28.1. The molecule has 6 nitrogen and oxygen atoms in total. The summed E-state index contributed by atoms with van der Waals surface area (Å²) in [4.78, 5) is 6.09. The SMILES string of the molecule is Cc1noc(C)c1Cc1ccc(S(=O)[O-])c2[nH]c(=S)[nH]c12. The van der Waals surface area contributed by atoms with Gasteiger partial charge in [0, 0.05) is 12.0 Å². The van der Waals surface area contributed by atoms with Crippen molar-refractivity contribution in [2.24, 2.45) is 0 Å². The van der Waals surface area contributed by atoms with Gasteiger partial charge in [-0.2, -0.15) is 0 Å². The summed E-state index contributed by atoms with van der Waals surface area (Å²) in [6.45, 7) is 3.73. The van der Waals surface area contributed by atoms with Gasteiger partial charge in [-0.15, -0.1) is 0 Å². The smallest absolute Gasteiger partial charge is 0.175 e. The number of hydrogen-bond acceptors (Lipinski definition) is 5. The van der Waals surface area contributed by atoms with Gasteiger partial charge in [0.05, 0.1) is 21.6 Å². The average Bonchev–Trinajstić information content (AvgIpc) is 2.95. The van der Waals surface area contributed by atoms with E-state index in [9.17, 15) is 8.76 Å². The van der Waals surface area contributed by atoms with Crippen LogP contribution in [-0.2, 0) is 17.5 Å². The predicted molar refractivity (Wildman–Crippen MR) is 79.5 cm³/mol. The molecule has 0 amide bonds. The zero-order valence-electron chi connectivity index (χ0n) is 11.4. The first-order valence-electron chi connectivity index (χ1n) is 6.22. The molecule has 0 aliphatic heterocycles. The monoisotopic (exact) mass is 322 g/mol. The first kappa shape index (κ1) is 14.2. The molecular weight excluding hydrogens is 310 g/mol. The van der Waals surface area contributed by atoms with Crippen LogP contribution in [-0.4, -0.2) is 23.9 Å². The molecule has 2 N–H and O–H groups in total. The van der Waals surface area contributed by atoms with E-state index in [4.69, 9.17) is 16.7 Å². The normalized spacial score (nSPS) is 12.9. The first-order valence-corrected chi connectivity index (χ1v) is 7.70. The second-order valence-corrected chi connectivity index (χ2v) is 6.08. The van der Waals surface area contributed by atoms with Gasteiger partial charge >= 0.3 is 0 Å². The summed E-state index contributed by atoms with van der Waals surface area (Å²) in [5.41, 5.74) is 3.94. The average molecular weight is 322 g/mol. The Labute approximate surface area is 127 Å². The number of rotatable bonds is 3. The third-order valence-electron chi connectivity index (χ3n) is 3.46. The molecule has 1 atom stereocenters. The summed E-state index contributed by atoms with van der Waals surface area (Å²) in [7, 11) is 0. The van der Waals surface area contributed by atoms with Crippen LogP contribution >= 0.6 is 12.2 Å². The topological polar surface area (TPSA) is 97.7 Å². The fraction of sp³-hybridized carbons (Fsp3) is 0.231. The number of aromatic amines is 2. The lowest BCUT2D eigenvalue weighted by atomic mass is 10.0. The maximum absolute atomic E-state index is 11.3. The van der Waals surface area contributed by atoms with Gasteiger partial charge in [0.1, 0.15) is 5.76 Å². The minimum Gasteiger partial charge on any atom is -0.768 e. The summed E-state index contributed by atoms with van der Waals surface area (Å²) in [6.07, 6.45) is 0.590. The van der Waals surface area contributed by atoms with Gasteiger partial charge in [-0.25, -0.2) is 0 Å². The van der Waals surface area contributed by atoms with Crippen molar-refractivity contribution in [1.29, 1.82) is 0 Å². The van der Waals surface area contributed by atoms with Crippen LogP contribution < -0.4 is 0 Å². The Morgan fingerprint density at radius 1 is 1.33 bits per heavy atom. The number of hydrogen-bond donors (Lipinski definition) is 2. The van der Waals surface area contributed by atoms with E-state index in [1.807, 2.05) is 13.8 Å². The number of H-pyrrole nitrogens is 2. The zero-order chi connectivity index (χ0) is 15.1. The number of aromatic nitrogens is 3. The second kappa shape index (κ2) is 5.21. The standard InChI is InChI=1S/C13H13N3O3S2/c1-6-9(7(2)19-16-6)5-8-3-4-10(21(17)18)12-11(8)14-13(20)15-12/h3-4H,5H2,1-2H3,(H,17,18)(H2,14,15,20)/p-1. The van der Waals surface area contributed by atoms with Crippen molar-refractivity contribution in [3.63, 3.8) is 0 Å². The van der Waals surface area contributed by atoms with Crippen LogP contribution in [0.3, 0.4) is 0 Å². The molecule has 2 aromatic heterocycles. The lowest BCUT2D eigenvalue weighted by Gasteiger charge is -2.09. The Morgan fingerprint density at radius 2 is 2.05 bits per heavy atom. The molecule has 110 valence electrons. The minimum atomic E-state index is -2.32. The van der Waals surface area contributed by atoms with Crippen LogP contribution in [0.25, 0.3) is 11.0 Å². The third-order valence-corrected chi connectivity index (χ3v) is 4.36. The fourth-order valence-electron chi connectivity index (χ4n) is 2.38. The summed E-state index contributed by atoms with van der Waals surface area (Å²) >= 11 is 2.75. The Balaban J connectivity index is 2.18. The number of aryl methyl sites for hydroxylation is 2. The number of nitrogens with zero attached hydrogens (tertiary/aromatic N) is 1. The Morgan fingerprint density at radius 3 is 2.67 bits per heavy atom. The molecule has 0 spiro atoms. The maximum Gasteiger partial charge on any atom is 0.175 e. The van der Waals surface area contributed by atoms with E-state index in [0.29, 0.717) is 22.2 Å². The largest absolute Gasteiger partial charge is 0.768 e. The Bertz CT molecular complexity index is 888. The molecule has 0 saturated heterocycles. The quantitative estimate of drug-likeness (QED) is 0.570. The van der Waals surface area contributed by atoms with E-state index in [-0.39, 0.29) is 4.90 Å². The van der Waals surface area contributed by atoms with Crippen LogP contribution in [0.2, 0.25) is 0 Å². The highest BCUT2D eigenvalue weighted by Gasteiger charge is 2.14. The van der Waals surface area contributed by atoms with Crippen molar-refractivity contribution in [2.45, 2.75) is 25.2 Å². The molecule has 0 radical (unpaired) electrons. The molecule has 0 bridgehead atoms. The van der Waals surface area contributed by atoms with Crippen molar-refractivity contribution in [2.75, 3.05) is 0 Å². The van der Waals surface area contributed by atoms with E-state index >= 15 is 0 Å². The van der Waals surface area contributed by atoms with Gasteiger partial charge in [-0.1, -0.05) is 11.2 Å². The summed E-state index contributed by atoms with van der Waals surface area (Å²) in [5, 5.41) is 3.93. The van der Waals surface area contributed by atoms with Gasteiger partial charge in [-0.3, -0.25) is 4.21 Å². The van der Waals surface area contributed by atoms with Gasteiger partial charge in [-0.05, 0) is 48.8 Å². The molecule has 0 aliphatic rings. The molecule has 1 unspecified atom stereocenters. The predicted octanol–water partition coefficient (Wildman–Crippen LogP) is 2.66. The highest BCUT2D eigenvalue weighted by atomic mass is 32.2. The molecule has 1 aromatic carbocycles. The first-order chi connectivity index (χ1) is 9.97. The molecule has 3 rings (SSSR count). The fourth-order valence-corrected chi connectivity index (χ4v) is 3.09. The maximum atomic E-state index is 11.3. The van der Waals surface area contributed by atoms with Gasteiger partial charge in [0.15, 0.2) is 4.77 Å². The molecule has 0 saturated carbocycles. The number of fused-ring (bicyclic) bond motifs is 1. The molecule has 8 heteroatoms. The van der Waals surface area contributed by atoms with Gasteiger partial charge in [0.25, 0.3) is 0 Å². The number of benzene rings is 1. The molecule has 3 aromatic rings. The Hall–Kier alpha value is -1.77. The molecule has 21 heavy (non-hydrogen) atoms. The van der Waals surface area contributed by atoms with Crippen LogP contribution in [0.4, 0.5) is 0 Å². The highest BCUT2D eigenvalue weighted by molar-refractivity contribution is 7.79. The summed E-state index contributed by atoms with van der Waals surface area (Å²) in [6, 6.07) is 3.34. The lowest BCUT2D eigenvalue weighted by Crippen LogP contribution is -1.96. The van der Waals surface area contributed by atoms with Crippen molar-refractivity contribution in [3.8, 4) is 0 Å². The van der Waals surface area contributed by atoms with Crippen LogP contribution in [0.1, 0.15) is 22.6 Å². The number of nitrogens with one attached hydrogen (secondary N) is 2. The van der Waals surface area contributed by atoms with Crippen molar-refractivity contribution < 1.29 is 13.3 Å².